The van der Waals surface area contributed by atoms with Gasteiger partial charge in [0.15, 0.2) is 0 Å². The maximum atomic E-state index is 10.7. The summed E-state index contributed by atoms with van der Waals surface area (Å²) >= 11 is 5.17. The number of rotatable bonds is 6. The molecule has 0 aliphatic heterocycles. The van der Waals surface area contributed by atoms with Crippen molar-refractivity contribution in [2.45, 2.75) is 18.9 Å². The zero-order valence-electron chi connectivity index (χ0n) is 7.73. The number of aliphatic carboxylic acids is 1. The van der Waals surface area contributed by atoms with Gasteiger partial charge in [-0.05, 0) is 6.42 Å². The smallest absolute Gasteiger partial charge is 0.326 e. The van der Waals surface area contributed by atoms with E-state index >= 15 is 0 Å². The summed E-state index contributed by atoms with van der Waals surface area (Å²) in [6.45, 7) is 0. The molecular weight excluding hydrogens is 247 g/mol. The van der Waals surface area contributed by atoms with E-state index in [0.29, 0.717) is 0 Å². The molecule has 2 amide bonds. The van der Waals surface area contributed by atoms with E-state index in [1.54, 1.807) is 0 Å². The van der Waals surface area contributed by atoms with E-state index in [9.17, 15) is 14.4 Å². The average Bonchev–Trinajstić information content (AvgIpc) is 2.10. The van der Waals surface area contributed by atoms with Crippen LogP contribution < -0.4 is 11.1 Å². The van der Waals surface area contributed by atoms with Gasteiger partial charge in [-0.1, -0.05) is 0 Å². The Morgan fingerprint density at radius 1 is 1.40 bits per heavy atom. The van der Waals surface area contributed by atoms with Gasteiger partial charge < -0.3 is 16.2 Å². The molecule has 0 heterocycles. The zero-order chi connectivity index (χ0) is 11.1. The summed E-state index contributed by atoms with van der Waals surface area (Å²) in [6.07, 6.45) is -0.132. The molecule has 0 saturated carbocycles. The summed E-state index contributed by atoms with van der Waals surface area (Å²) in [6, 6.07) is -1.12. The van der Waals surface area contributed by atoms with E-state index in [1.807, 2.05) is 0 Å². The van der Waals surface area contributed by atoms with Crippen LogP contribution in [0.15, 0.2) is 0 Å². The molecule has 0 aromatic rings. The van der Waals surface area contributed by atoms with Gasteiger partial charge in [0.05, 0.1) is 0 Å². The molecule has 0 aliphatic rings. The molecule has 0 aliphatic carbocycles. The summed E-state index contributed by atoms with van der Waals surface area (Å²) < 4.78 is 0. The van der Waals surface area contributed by atoms with Gasteiger partial charge in [0.2, 0.25) is 11.8 Å². The lowest BCUT2D eigenvalue weighted by molar-refractivity contribution is -0.141. The SMILES string of the molecule is Cl.NC(=O)CC[C@H](NC(=O)CCl)C(=O)O. The highest BCUT2D eigenvalue weighted by Crippen LogP contribution is 1.97. The Labute approximate surface area is 97.6 Å². The second-order valence-electron chi connectivity index (χ2n) is 2.60. The van der Waals surface area contributed by atoms with Crippen LogP contribution in [0.4, 0.5) is 0 Å². The van der Waals surface area contributed by atoms with E-state index in [-0.39, 0.29) is 31.1 Å². The lowest BCUT2D eigenvalue weighted by Gasteiger charge is -2.12. The number of alkyl halides is 1. The molecule has 0 unspecified atom stereocenters. The first-order chi connectivity index (χ1) is 6.47. The molecule has 15 heavy (non-hydrogen) atoms. The van der Waals surface area contributed by atoms with E-state index in [2.05, 4.69) is 5.32 Å². The number of carbonyl (C=O) groups is 3. The number of nitrogens with one attached hydrogen (secondary N) is 1. The fraction of sp³-hybridized carbons (Fsp3) is 0.571. The molecule has 0 aromatic heterocycles. The lowest BCUT2D eigenvalue weighted by Crippen LogP contribution is -2.41. The second-order valence-corrected chi connectivity index (χ2v) is 2.86. The fourth-order valence-electron chi connectivity index (χ4n) is 0.777. The maximum Gasteiger partial charge on any atom is 0.326 e. The lowest BCUT2D eigenvalue weighted by atomic mass is 10.1. The van der Waals surface area contributed by atoms with Crippen molar-refractivity contribution >= 4 is 41.8 Å². The van der Waals surface area contributed by atoms with Crippen molar-refractivity contribution in [3.63, 3.8) is 0 Å². The molecule has 0 fully saturated rings. The first-order valence-electron chi connectivity index (χ1n) is 3.83. The Balaban J connectivity index is 0. The highest BCUT2D eigenvalue weighted by Gasteiger charge is 2.19. The highest BCUT2D eigenvalue weighted by molar-refractivity contribution is 6.27. The molecule has 0 rings (SSSR count). The Morgan fingerprint density at radius 3 is 2.27 bits per heavy atom. The minimum absolute atomic E-state index is 0. The normalized spacial score (nSPS) is 11.0. The van der Waals surface area contributed by atoms with E-state index < -0.39 is 23.8 Å². The molecule has 6 nitrogen and oxygen atoms in total. The predicted octanol–water partition coefficient (Wildman–Crippen LogP) is -0.518. The van der Waals surface area contributed by atoms with Crippen molar-refractivity contribution < 1.29 is 19.5 Å². The highest BCUT2D eigenvalue weighted by atomic mass is 35.5. The van der Waals surface area contributed by atoms with E-state index in [4.69, 9.17) is 22.4 Å². The largest absolute Gasteiger partial charge is 0.480 e. The molecule has 0 bridgehead atoms. The van der Waals surface area contributed by atoms with Gasteiger partial charge in [-0.3, -0.25) is 9.59 Å². The quantitative estimate of drug-likeness (QED) is 0.557. The summed E-state index contributed by atoms with van der Waals surface area (Å²) in [5.74, 6) is -2.75. The third kappa shape index (κ3) is 8.02. The third-order valence-corrected chi connectivity index (χ3v) is 1.68. The van der Waals surface area contributed by atoms with Crippen LogP contribution in [0.1, 0.15) is 12.8 Å². The number of nitrogens with two attached hydrogens (primary N) is 1. The molecule has 0 radical (unpaired) electrons. The van der Waals surface area contributed by atoms with Gasteiger partial charge in [0, 0.05) is 6.42 Å². The van der Waals surface area contributed by atoms with Gasteiger partial charge in [-0.2, -0.15) is 0 Å². The summed E-state index contributed by atoms with van der Waals surface area (Å²) in [5.41, 5.74) is 4.83. The molecule has 0 saturated heterocycles. The van der Waals surface area contributed by atoms with Crippen LogP contribution in [0.3, 0.4) is 0 Å². The summed E-state index contributed by atoms with van der Waals surface area (Å²) in [4.78, 5) is 31.7. The summed E-state index contributed by atoms with van der Waals surface area (Å²) in [5, 5.41) is 10.8. The molecular formula is C7H12Cl2N2O4. The van der Waals surface area contributed by atoms with E-state index in [1.165, 1.54) is 0 Å². The molecule has 0 aromatic carbocycles. The number of carbonyl (C=O) groups excluding carboxylic acids is 2. The molecule has 88 valence electrons. The van der Waals surface area contributed by atoms with Crippen molar-refractivity contribution in [2.75, 3.05) is 5.88 Å². The minimum Gasteiger partial charge on any atom is -0.480 e. The number of primary amides is 1. The molecule has 1 atom stereocenters. The van der Waals surface area contributed by atoms with Gasteiger partial charge in [-0.15, -0.1) is 24.0 Å². The van der Waals surface area contributed by atoms with Crippen molar-refractivity contribution in [1.82, 2.24) is 5.32 Å². The number of amides is 2. The maximum absolute atomic E-state index is 10.7. The summed E-state index contributed by atoms with van der Waals surface area (Å²) in [7, 11) is 0. The molecule has 4 N–H and O–H groups in total. The van der Waals surface area contributed by atoms with Gasteiger partial charge in [-0.25, -0.2) is 4.79 Å². The van der Waals surface area contributed by atoms with E-state index in [0.717, 1.165) is 0 Å². The van der Waals surface area contributed by atoms with Crippen molar-refractivity contribution in [3.05, 3.63) is 0 Å². The van der Waals surface area contributed by atoms with Crippen LogP contribution in [0.5, 0.6) is 0 Å². The first-order valence-corrected chi connectivity index (χ1v) is 4.37. The van der Waals surface area contributed by atoms with Crippen LogP contribution >= 0.6 is 24.0 Å². The van der Waals surface area contributed by atoms with Gasteiger partial charge >= 0.3 is 5.97 Å². The standard InChI is InChI=1S/C7H11ClN2O4.ClH/c8-3-6(12)10-4(7(13)14)1-2-5(9)11;/h4H,1-3H2,(H2,9,11)(H,10,12)(H,13,14);1H/t4-;/m0./s1. The molecule has 8 heteroatoms. The zero-order valence-corrected chi connectivity index (χ0v) is 9.31. The van der Waals surface area contributed by atoms with Crippen LogP contribution in [-0.4, -0.2) is 34.8 Å². The van der Waals surface area contributed by atoms with Crippen molar-refractivity contribution in [1.29, 1.82) is 0 Å². The number of hydrogen-bond acceptors (Lipinski definition) is 3. The second kappa shape index (κ2) is 8.31. The Kier molecular flexibility index (Phi) is 9.10. The number of hydrogen-bond donors (Lipinski definition) is 3. The van der Waals surface area contributed by atoms with Crippen LogP contribution in [-0.2, 0) is 14.4 Å². The predicted molar refractivity (Wildman–Crippen MR) is 56.0 cm³/mol. The Morgan fingerprint density at radius 2 is 1.93 bits per heavy atom. The third-order valence-electron chi connectivity index (χ3n) is 1.43. The monoisotopic (exact) mass is 258 g/mol. The van der Waals surface area contributed by atoms with Crippen molar-refractivity contribution in [3.8, 4) is 0 Å². The number of halogens is 2. The number of carboxylic acids is 1. The van der Waals surface area contributed by atoms with Crippen LogP contribution in [0, 0.1) is 0 Å². The Hall–Kier alpha value is -1.01. The average molecular weight is 259 g/mol. The Bertz CT molecular complexity index is 247. The van der Waals surface area contributed by atoms with Gasteiger partial charge in [0.25, 0.3) is 0 Å². The minimum atomic E-state index is -1.22. The first kappa shape index (κ1) is 16.4. The van der Waals surface area contributed by atoms with Gasteiger partial charge in [0.1, 0.15) is 11.9 Å². The van der Waals surface area contributed by atoms with Crippen LogP contribution in [0.25, 0.3) is 0 Å². The fourth-order valence-corrected chi connectivity index (χ4v) is 0.854. The topological polar surface area (TPSA) is 109 Å². The van der Waals surface area contributed by atoms with Crippen molar-refractivity contribution in [2.24, 2.45) is 5.73 Å². The molecule has 0 spiro atoms. The van der Waals surface area contributed by atoms with Crippen LogP contribution in [0.2, 0.25) is 0 Å². The number of carboxylic acid groups (broad SMARTS) is 1.